The van der Waals surface area contributed by atoms with E-state index in [9.17, 15) is 4.79 Å². The number of hydrogen-bond acceptors (Lipinski definition) is 3. The molecule has 0 atom stereocenters. The van der Waals surface area contributed by atoms with Crippen molar-refractivity contribution in [3.05, 3.63) is 70.2 Å². The molecule has 4 nitrogen and oxygen atoms in total. The van der Waals surface area contributed by atoms with Crippen molar-refractivity contribution in [1.29, 1.82) is 0 Å². The van der Waals surface area contributed by atoms with E-state index in [1.807, 2.05) is 36.4 Å². The normalized spacial score (nSPS) is 13.3. The van der Waals surface area contributed by atoms with Gasteiger partial charge in [-0.2, -0.15) is 9.61 Å². The fraction of sp³-hybridized carbons (Fsp3) is 0.111. The van der Waals surface area contributed by atoms with Crippen molar-refractivity contribution < 1.29 is 4.42 Å². The van der Waals surface area contributed by atoms with Gasteiger partial charge in [-0.15, -0.1) is 0 Å². The quantitative estimate of drug-likeness (QED) is 0.499. The average Bonchev–Trinajstić information content (AvgIpc) is 2.96. The monoisotopic (exact) mass is 288 g/mol. The Kier molecular flexibility index (Phi) is 2.17. The second-order valence-electron chi connectivity index (χ2n) is 5.61. The van der Waals surface area contributed by atoms with Crippen molar-refractivity contribution in [1.82, 2.24) is 9.61 Å². The summed E-state index contributed by atoms with van der Waals surface area (Å²) < 4.78 is 6.80. The van der Waals surface area contributed by atoms with Crippen LogP contribution in [0.5, 0.6) is 0 Å². The minimum atomic E-state index is -0.430. The highest BCUT2D eigenvalue weighted by atomic mass is 16.4. The second kappa shape index (κ2) is 4.07. The molecule has 0 N–H and O–H groups in total. The lowest BCUT2D eigenvalue weighted by molar-refractivity contribution is 0.508. The van der Waals surface area contributed by atoms with Crippen LogP contribution in [0.25, 0.3) is 27.7 Å². The first-order valence-corrected chi connectivity index (χ1v) is 7.35. The fourth-order valence-electron chi connectivity index (χ4n) is 3.43. The third-order valence-electron chi connectivity index (χ3n) is 4.41. The van der Waals surface area contributed by atoms with Gasteiger partial charge in [-0.3, -0.25) is 0 Å². The number of benzene rings is 2. The van der Waals surface area contributed by atoms with Gasteiger partial charge in [0.25, 0.3) is 0 Å². The third-order valence-corrected chi connectivity index (χ3v) is 4.41. The van der Waals surface area contributed by atoms with Crippen LogP contribution < -0.4 is 5.76 Å². The van der Waals surface area contributed by atoms with Gasteiger partial charge in [0, 0.05) is 16.5 Å². The summed E-state index contributed by atoms with van der Waals surface area (Å²) in [6, 6.07) is 15.9. The minimum Gasteiger partial charge on any atom is -0.408 e. The topological polar surface area (TPSA) is 47.5 Å². The predicted molar refractivity (Wildman–Crippen MR) is 84.1 cm³/mol. The minimum absolute atomic E-state index is 0.430. The summed E-state index contributed by atoms with van der Waals surface area (Å²) in [4.78, 5) is 12.3. The van der Waals surface area contributed by atoms with Crippen LogP contribution in [0.15, 0.2) is 57.7 Å². The van der Waals surface area contributed by atoms with Crippen LogP contribution in [0, 0.1) is 0 Å². The van der Waals surface area contributed by atoms with Gasteiger partial charge in [0.15, 0.2) is 0 Å². The first kappa shape index (κ1) is 11.7. The van der Waals surface area contributed by atoms with Crippen LogP contribution in [-0.2, 0) is 12.8 Å². The van der Waals surface area contributed by atoms with Gasteiger partial charge in [0.1, 0.15) is 5.58 Å². The molecule has 0 saturated carbocycles. The van der Waals surface area contributed by atoms with Crippen molar-refractivity contribution in [3.8, 4) is 11.3 Å². The van der Waals surface area contributed by atoms with Gasteiger partial charge in [0.2, 0.25) is 0 Å². The van der Waals surface area contributed by atoms with E-state index < -0.39 is 5.76 Å². The molecule has 4 heteroatoms. The van der Waals surface area contributed by atoms with Crippen LogP contribution >= 0.6 is 0 Å². The predicted octanol–water partition coefficient (Wildman–Crippen LogP) is 3.21. The molecule has 0 saturated heterocycles. The Morgan fingerprint density at radius 1 is 1.00 bits per heavy atom. The molecule has 4 aromatic rings. The highest BCUT2D eigenvalue weighted by Crippen LogP contribution is 2.36. The molecule has 0 amide bonds. The Morgan fingerprint density at radius 3 is 2.77 bits per heavy atom. The maximum absolute atomic E-state index is 12.3. The Balaban J connectivity index is 2.00. The van der Waals surface area contributed by atoms with Crippen molar-refractivity contribution >= 4 is 16.5 Å². The Labute approximate surface area is 125 Å². The van der Waals surface area contributed by atoms with E-state index >= 15 is 0 Å². The van der Waals surface area contributed by atoms with Crippen LogP contribution in [-0.4, -0.2) is 9.61 Å². The van der Waals surface area contributed by atoms with Crippen LogP contribution in [0.1, 0.15) is 11.1 Å². The van der Waals surface area contributed by atoms with E-state index in [1.54, 1.807) is 0 Å². The molecule has 0 unspecified atom stereocenters. The van der Waals surface area contributed by atoms with Gasteiger partial charge < -0.3 is 4.42 Å². The van der Waals surface area contributed by atoms with E-state index in [1.165, 1.54) is 10.1 Å². The maximum Gasteiger partial charge on any atom is 0.440 e. The lowest BCUT2D eigenvalue weighted by Crippen LogP contribution is -2.12. The Hall–Kier alpha value is -2.88. The summed E-state index contributed by atoms with van der Waals surface area (Å²) in [6.45, 7) is 0. The number of aromatic nitrogens is 2. The van der Waals surface area contributed by atoms with Crippen molar-refractivity contribution in [2.75, 3.05) is 0 Å². The van der Waals surface area contributed by atoms with Gasteiger partial charge >= 0.3 is 5.76 Å². The summed E-state index contributed by atoms with van der Waals surface area (Å²) in [5.74, 6) is -0.430. The lowest BCUT2D eigenvalue weighted by atomic mass is 9.89. The first-order chi connectivity index (χ1) is 10.8. The number of fused-ring (bicyclic) bond motifs is 7. The maximum atomic E-state index is 12.3. The van der Waals surface area contributed by atoms with E-state index in [4.69, 9.17) is 4.42 Å². The van der Waals surface area contributed by atoms with Gasteiger partial charge in [-0.05, 0) is 30.5 Å². The molecule has 0 radical (unpaired) electrons. The van der Waals surface area contributed by atoms with Gasteiger partial charge in [0.05, 0.1) is 11.2 Å². The van der Waals surface area contributed by atoms with E-state index in [-0.39, 0.29) is 0 Å². The molecule has 0 aliphatic heterocycles. The molecule has 1 aliphatic carbocycles. The molecule has 1 aliphatic rings. The SMILES string of the molecule is O=c1oc2ccccc2c2c3c(nn12)-c1ccccc1CC3. The molecule has 0 spiro atoms. The lowest BCUT2D eigenvalue weighted by Gasteiger charge is -2.14. The summed E-state index contributed by atoms with van der Waals surface area (Å²) in [5, 5.41) is 5.49. The van der Waals surface area contributed by atoms with Crippen LogP contribution in [0.2, 0.25) is 0 Å². The number of nitrogens with zero attached hydrogens (tertiary/aromatic N) is 2. The smallest absolute Gasteiger partial charge is 0.408 e. The summed E-state index contributed by atoms with van der Waals surface area (Å²) in [7, 11) is 0. The van der Waals surface area contributed by atoms with E-state index in [0.717, 1.165) is 40.6 Å². The first-order valence-electron chi connectivity index (χ1n) is 7.35. The number of rotatable bonds is 0. The van der Waals surface area contributed by atoms with Crippen LogP contribution in [0.3, 0.4) is 0 Å². The number of aryl methyl sites for hydroxylation is 2. The van der Waals surface area contributed by atoms with Crippen molar-refractivity contribution in [2.45, 2.75) is 12.8 Å². The largest absolute Gasteiger partial charge is 0.440 e. The van der Waals surface area contributed by atoms with Crippen molar-refractivity contribution in [3.63, 3.8) is 0 Å². The molecular weight excluding hydrogens is 276 g/mol. The molecule has 2 aromatic heterocycles. The zero-order valence-electron chi connectivity index (χ0n) is 11.7. The molecule has 0 bridgehead atoms. The highest BCUT2D eigenvalue weighted by Gasteiger charge is 2.24. The molecule has 5 rings (SSSR count). The van der Waals surface area contributed by atoms with E-state index in [2.05, 4.69) is 17.2 Å². The van der Waals surface area contributed by atoms with Crippen LogP contribution in [0.4, 0.5) is 0 Å². The van der Waals surface area contributed by atoms with Gasteiger partial charge in [-0.25, -0.2) is 4.79 Å². The number of hydrogen-bond donors (Lipinski definition) is 0. The third kappa shape index (κ3) is 1.41. The molecule has 22 heavy (non-hydrogen) atoms. The number of para-hydroxylation sites is 1. The van der Waals surface area contributed by atoms with Gasteiger partial charge in [-0.1, -0.05) is 36.4 Å². The molecule has 0 fully saturated rings. The Bertz CT molecular complexity index is 1110. The standard InChI is InChI=1S/C18H12N2O2/c21-18-20-17(13-7-3-4-8-15(13)22-18)14-10-9-11-5-1-2-6-12(11)16(14)19-20/h1-8H,9-10H2. The fourth-order valence-corrected chi connectivity index (χ4v) is 3.43. The molecular formula is C18H12N2O2. The molecule has 2 heterocycles. The second-order valence-corrected chi connectivity index (χ2v) is 5.61. The molecule has 106 valence electrons. The molecule has 2 aromatic carbocycles. The average molecular weight is 288 g/mol. The summed E-state index contributed by atoms with van der Waals surface area (Å²) >= 11 is 0. The summed E-state index contributed by atoms with van der Waals surface area (Å²) in [5.41, 5.74) is 5.95. The van der Waals surface area contributed by atoms with Crippen molar-refractivity contribution in [2.24, 2.45) is 0 Å². The zero-order chi connectivity index (χ0) is 14.7. The highest BCUT2D eigenvalue weighted by molar-refractivity contribution is 5.96. The summed E-state index contributed by atoms with van der Waals surface area (Å²) in [6.07, 6.45) is 1.86. The zero-order valence-corrected chi connectivity index (χ0v) is 11.7. The van der Waals surface area contributed by atoms with E-state index in [0.29, 0.717) is 5.58 Å². The Morgan fingerprint density at radius 2 is 1.82 bits per heavy atom.